The van der Waals surface area contributed by atoms with Gasteiger partial charge < -0.3 is 9.84 Å². The van der Waals surface area contributed by atoms with Crippen molar-refractivity contribution >= 4 is 16.7 Å². The molecule has 4 aromatic rings. The second-order valence-electron chi connectivity index (χ2n) is 6.51. The minimum atomic E-state index is -4.50. The van der Waals surface area contributed by atoms with E-state index in [-0.39, 0.29) is 12.1 Å². The molecule has 1 aromatic heterocycles. The molecule has 1 N–H and O–H groups in total. The van der Waals surface area contributed by atoms with Crippen LogP contribution in [-0.4, -0.2) is 11.1 Å². The smallest absolute Gasteiger partial charge is 0.356 e. The van der Waals surface area contributed by atoms with Gasteiger partial charge in [-0.15, -0.1) is 0 Å². The van der Waals surface area contributed by atoms with Crippen LogP contribution in [0.1, 0.15) is 21.6 Å². The van der Waals surface area contributed by atoms with Crippen LogP contribution in [0.5, 0.6) is 0 Å². The summed E-state index contributed by atoms with van der Waals surface area (Å²) >= 11 is 0. The molecule has 0 unspecified atom stereocenters. The largest absolute Gasteiger partial charge is 0.416 e. The van der Waals surface area contributed by atoms with Gasteiger partial charge in [-0.2, -0.15) is 13.2 Å². The summed E-state index contributed by atoms with van der Waals surface area (Å²) in [6.45, 7) is 0.0339. The minimum Gasteiger partial charge on any atom is -0.356 e. The summed E-state index contributed by atoms with van der Waals surface area (Å²) in [6, 6.07) is 19.7. The third kappa shape index (κ3) is 4.13. The number of halogens is 3. The van der Waals surface area contributed by atoms with E-state index in [0.29, 0.717) is 11.5 Å². The van der Waals surface area contributed by atoms with Gasteiger partial charge in [0, 0.05) is 17.2 Å². The predicted molar refractivity (Wildman–Crippen MR) is 102 cm³/mol. The predicted octanol–water partition coefficient (Wildman–Crippen LogP) is 5.44. The Hall–Kier alpha value is -3.61. The molecule has 0 fully saturated rings. The van der Waals surface area contributed by atoms with E-state index >= 15 is 0 Å². The van der Waals surface area contributed by atoms with E-state index in [4.69, 9.17) is 4.52 Å². The van der Waals surface area contributed by atoms with Crippen LogP contribution < -0.4 is 5.32 Å². The fraction of sp³-hybridized carbons (Fsp3) is 0.0909. The number of benzene rings is 3. The Morgan fingerprint density at radius 2 is 1.72 bits per heavy atom. The van der Waals surface area contributed by atoms with Crippen LogP contribution in [-0.2, 0) is 12.7 Å². The molecule has 0 radical (unpaired) electrons. The molecule has 1 heterocycles. The maximum atomic E-state index is 12.8. The van der Waals surface area contributed by atoms with Gasteiger partial charge in [-0.05, 0) is 35.0 Å². The first-order chi connectivity index (χ1) is 13.9. The van der Waals surface area contributed by atoms with E-state index in [1.807, 2.05) is 42.5 Å². The highest BCUT2D eigenvalue weighted by Gasteiger charge is 2.30. The molecule has 0 spiro atoms. The zero-order chi connectivity index (χ0) is 20.4. The number of rotatable bonds is 4. The number of nitrogens with zero attached hydrogens (tertiary/aromatic N) is 1. The van der Waals surface area contributed by atoms with Crippen LogP contribution in [0.15, 0.2) is 77.3 Å². The van der Waals surface area contributed by atoms with Gasteiger partial charge in [-0.1, -0.05) is 47.6 Å². The minimum absolute atomic E-state index is 0.0339. The molecule has 4 rings (SSSR count). The van der Waals surface area contributed by atoms with Crippen LogP contribution in [0.3, 0.4) is 0 Å². The fourth-order valence-corrected chi connectivity index (χ4v) is 2.98. The fourth-order valence-electron chi connectivity index (χ4n) is 2.98. The summed E-state index contributed by atoms with van der Waals surface area (Å²) < 4.78 is 43.7. The molecule has 3 aromatic carbocycles. The third-order valence-electron chi connectivity index (χ3n) is 4.48. The summed E-state index contributed by atoms with van der Waals surface area (Å²) in [4.78, 5) is 12.2. The molecule has 0 bridgehead atoms. The Kier molecular flexibility index (Phi) is 4.80. The molecule has 0 saturated carbocycles. The van der Waals surface area contributed by atoms with Crippen LogP contribution >= 0.6 is 0 Å². The Morgan fingerprint density at radius 1 is 0.931 bits per heavy atom. The average Bonchev–Trinajstić information content (AvgIpc) is 3.20. The summed E-state index contributed by atoms with van der Waals surface area (Å²) in [5.41, 5.74) is 0.364. The molecule has 0 atom stereocenters. The average molecular weight is 396 g/mol. The van der Waals surface area contributed by atoms with E-state index in [1.165, 1.54) is 12.1 Å². The van der Waals surface area contributed by atoms with Crippen LogP contribution in [0.4, 0.5) is 13.2 Å². The highest BCUT2D eigenvalue weighted by Crippen LogP contribution is 2.29. The monoisotopic (exact) mass is 396 g/mol. The molecular weight excluding hydrogens is 381 g/mol. The molecule has 29 heavy (non-hydrogen) atoms. The molecule has 0 aliphatic heterocycles. The van der Waals surface area contributed by atoms with Crippen LogP contribution in [0, 0.1) is 0 Å². The number of aromatic nitrogens is 1. The highest BCUT2D eigenvalue weighted by molar-refractivity contribution is 5.94. The Balaban J connectivity index is 1.46. The molecule has 0 saturated heterocycles. The van der Waals surface area contributed by atoms with E-state index in [9.17, 15) is 18.0 Å². The summed E-state index contributed by atoms with van der Waals surface area (Å²) in [5, 5.41) is 8.64. The number of nitrogens with one attached hydrogen (secondary N) is 1. The maximum absolute atomic E-state index is 12.8. The zero-order valence-electron chi connectivity index (χ0n) is 15.0. The van der Waals surface area contributed by atoms with E-state index in [1.54, 1.807) is 6.07 Å². The molecule has 0 aliphatic carbocycles. The Bertz CT molecular complexity index is 1180. The second kappa shape index (κ2) is 7.43. The Morgan fingerprint density at radius 3 is 2.52 bits per heavy atom. The Labute approximate surface area is 163 Å². The normalized spacial score (nSPS) is 11.6. The van der Waals surface area contributed by atoms with Crippen molar-refractivity contribution < 1.29 is 22.5 Å². The topological polar surface area (TPSA) is 55.1 Å². The summed E-state index contributed by atoms with van der Waals surface area (Å²) in [7, 11) is 0. The van der Waals surface area contributed by atoms with Crippen molar-refractivity contribution in [3.05, 3.63) is 89.6 Å². The van der Waals surface area contributed by atoms with Crippen molar-refractivity contribution in [1.29, 1.82) is 0 Å². The van der Waals surface area contributed by atoms with E-state index < -0.39 is 17.6 Å². The summed E-state index contributed by atoms with van der Waals surface area (Å²) in [6.07, 6.45) is -4.50. The van der Waals surface area contributed by atoms with Gasteiger partial charge in [-0.25, -0.2) is 0 Å². The molecule has 4 nitrogen and oxygen atoms in total. The second-order valence-corrected chi connectivity index (χ2v) is 6.51. The zero-order valence-corrected chi connectivity index (χ0v) is 15.0. The van der Waals surface area contributed by atoms with Crippen molar-refractivity contribution in [1.82, 2.24) is 10.5 Å². The highest BCUT2D eigenvalue weighted by atomic mass is 19.4. The third-order valence-corrected chi connectivity index (χ3v) is 4.48. The van der Waals surface area contributed by atoms with Gasteiger partial charge in [0.15, 0.2) is 5.76 Å². The van der Waals surface area contributed by atoms with Crippen molar-refractivity contribution in [2.45, 2.75) is 12.7 Å². The number of hydrogen-bond donors (Lipinski definition) is 1. The van der Waals surface area contributed by atoms with Crippen LogP contribution in [0.2, 0.25) is 0 Å². The van der Waals surface area contributed by atoms with Crippen molar-refractivity contribution in [3.63, 3.8) is 0 Å². The first-order valence-corrected chi connectivity index (χ1v) is 8.80. The molecule has 1 amide bonds. The van der Waals surface area contributed by atoms with Gasteiger partial charge in [0.2, 0.25) is 0 Å². The number of amides is 1. The van der Waals surface area contributed by atoms with Gasteiger partial charge in [-0.3, -0.25) is 4.79 Å². The number of hydrogen-bond acceptors (Lipinski definition) is 3. The number of fused-ring (bicyclic) bond motifs is 1. The maximum Gasteiger partial charge on any atom is 0.416 e. The quantitative estimate of drug-likeness (QED) is 0.500. The van der Waals surface area contributed by atoms with E-state index in [0.717, 1.165) is 28.5 Å². The van der Waals surface area contributed by atoms with Gasteiger partial charge in [0.05, 0.1) is 12.1 Å². The van der Waals surface area contributed by atoms with Gasteiger partial charge >= 0.3 is 6.18 Å². The number of carbonyl (C=O) groups excluding carboxylic acids is 1. The standard InChI is InChI=1S/C22H15F3N2O2/c23-22(24,25)18-7-3-6-17(11-18)21(28)26-13-19-12-20(29-27-19)16-9-8-14-4-1-2-5-15(14)10-16/h1-12H,13H2,(H,26,28). The molecule has 146 valence electrons. The molecule has 7 heteroatoms. The first kappa shape index (κ1) is 18.7. The number of carbonyl (C=O) groups is 1. The lowest BCUT2D eigenvalue weighted by Crippen LogP contribution is -2.23. The first-order valence-electron chi connectivity index (χ1n) is 8.80. The molecular formula is C22H15F3N2O2. The lowest BCUT2D eigenvalue weighted by Gasteiger charge is -2.08. The van der Waals surface area contributed by atoms with E-state index in [2.05, 4.69) is 10.5 Å². The van der Waals surface area contributed by atoms with Crippen molar-refractivity contribution in [2.75, 3.05) is 0 Å². The van der Waals surface area contributed by atoms with Crippen LogP contribution in [0.25, 0.3) is 22.1 Å². The van der Waals surface area contributed by atoms with Gasteiger partial charge in [0.25, 0.3) is 5.91 Å². The summed E-state index contributed by atoms with van der Waals surface area (Å²) in [5.74, 6) is -0.0783. The lowest BCUT2D eigenvalue weighted by molar-refractivity contribution is -0.137. The molecule has 0 aliphatic rings. The number of alkyl halides is 3. The van der Waals surface area contributed by atoms with Gasteiger partial charge in [0.1, 0.15) is 5.69 Å². The van der Waals surface area contributed by atoms with Crippen molar-refractivity contribution in [3.8, 4) is 11.3 Å². The lowest BCUT2D eigenvalue weighted by atomic mass is 10.1. The van der Waals surface area contributed by atoms with Crippen molar-refractivity contribution in [2.24, 2.45) is 0 Å². The SMILES string of the molecule is O=C(NCc1cc(-c2ccc3ccccc3c2)on1)c1cccc(C(F)(F)F)c1.